The van der Waals surface area contributed by atoms with Gasteiger partial charge in [-0.25, -0.2) is 0 Å². The van der Waals surface area contributed by atoms with Crippen LogP contribution in [0.5, 0.6) is 0 Å². The first-order valence-electron chi connectivity index (χ1n) is 4.29. The lowest BCUT2D eigenvalue weighted by Gasteiger charge is -2.37. The Morgan fingerprint density at radius 1 is 1.27 bits per heavy atom. The molecule has 0 aliphatic carbocycles. The number of hydrogen-bond donors (Lipinski definition) is 1. The van der Waals surface area contributed by atoms with Crippen LogP contribution in [0.4, 0.5) is 0 Å². The second-order valence-electron chi connectivity index (χ2n) is 4.98. The molecule has 0 atom stereocenters. The normalized spacial score (nSPS) is 23.2. The number of hydrogen-bond acceptors (Lipinski definition) is 1. The molecule has 1 rings (SSSR count). The Kier molecular flexibility index (Phi) is 2.24. The maximum absolute atomic E-state index is 3.61. The van der Waals surface area contributed by atoms with E-state index in [-0.39, 0.29) is 5.54 Å². The third kappa shape index (κ3) is 2.35. The lowest BCUT2D eigenvalue weighted by atomic mass is 10.1. The molecule has 1 heterocycles. The summed E-state index contributed by atoms with van der Waals surface area (Å²) >= 11 is 0. The minimum atomic E-state index is -0.617. The Balaban J connectivity index is 2.66. The van der Waals surface area contributed by atoms with E-state index in [1.54, 1.807) is 5.42 Å². The van der Waals surface area contributed by atoms with E-state index in [4.69, 9.17) is 0 Å². The predicted molar refractivity (Wildman–Crippen MR) is 56.1 cm³/mol. The van der Waals surface area contributed by atoms with Crippen molar-refractivity contribution in [3.8, 4) is 0 Å². The largest absolute Gasteiger partial charge is 0.287 e. The van der Waals surface area contributed by atoms with Crippen molar-refractivity contribution in [1.29, 1.82) is 0 Å². The maximum atomic E-state index is 3.61. The van der Waals surface area contributed by atoms with Gasteiger partial charge in [-0.05, 0) is 52.1 Å². The standard InChI is InChI=1S/C9H20NP/c1-9(2,3)10-8-6-7-11(8,4)5/h10H,6-7H2,1-5H3. The fourth-order valence-electron chi connectivity index (χ4n) is 1.32. The van der Waals surface area contributed by atoms with Crippen LogP contribution in [0.2, 0.25) is 0 Å². The van der Waals surface area contributed by atoms with E-state index >= 15 is 0 Å². The van der Waals surface area contributed by atoms with Crippen molar-refractivity contribution < 1.29 is 0 Å². The molecule has 1 aliphatic heterocycles. The van der Waals surface area contributed by atoms with E-state index in [1.807, 2.05) is 0 Å². The van der Waals surface area contributed by atoms with Crippen molar-refractivity contribution in [2.75, 3.05) is 19.5 Å². The fraction of sp³-hybridized carbons (Fsp3) is 0.889. The molecule has 0 aromatic carbocycles. The van der Waals surface area contributed by atoms with Crippen LogP contribution in [0.3, 0.4) is 0 Å². The molecule has 0 unspecified atom stereocenters. The summed E-state index contributed by atoms with van der Waals surface area (Å²) in [5, 5.41) is 3.61. The van der Waals surface area contributed by atoms with Crippen LogP contribution >= 0.6 is 6.89 Å². The molecule has 0 saturated carbocycles. The Hall–Kier alpha value is 0.260. The summed E-state index contributed by atoms with van der Waals surface area (Å²) in [6.07, 6.45) is 2.77. The van der Waals surface area contributed by atoms with E-state index in [0.717, 1.165) is 0 Å². The van der Waals surface area contributed by atoms with E-state index in [9.17, 15) is 0 Å². The Morgan fingerprint density at radius 3 is 1.91 bits per heavy atom. The van der Waals surface area contributed by atoms with Crippen molar-refractivity contribution in [2.45, 2.75) is 32.7 Å². The molecule has 0 bridgehead atoms. The molecule has 1 nitrogen and oxygen atoms in total. The molecule has 1 aliphatic rings. The van der Waals surface area contributed by atoms with Crippen LogP contribution in [0.1, 0.15) is 27.2 Å². The zero-order chi connectivity index (χ0) is 8.70. The van der Waals surface area contributed by atoms with Crippen LogP contribution in [0.15, 0.2) is 0 Å². The van der Waals surface area contributed by atoms with Gasteiger partial charge in [-0.15, -0.1) is 0 Å². The van der Waals surface area contributed by atoms with E-state index < -0.39 is 6.89 Å². The Morgan fingerprint density at radius 2 is 1.82 bits per heavy atom. The predicted octanol–water partition coefficient (Wildman–Crippen LogP) is 2.19. The van der Waals surface area contributed by atoms with Gasteiger partial charge in [0.05, 0.1) is 0 Å². The molecule has 1 N–H and O–H groups in total. The van der Waals surface area contributed by atoms with Crippen molar-refractivity contribution in [3.63, 3.8) is 0 Å². The number of nitrogens with one attached hydrogen (secondary N) is 1. The van der Waals surface area contributed by atoms with Crippen LogP contribution in [0, 0.1) is 0 Å². The average molecular weight is 173 g/mol. The monoisotopic (exact) mass is 173 g/mol. The van der Waals surface area contributed by atoms with Crippen molar-refractivity contribution in [1.82, 2.24) is 5.32 Å². The van der Waals surface area contributed by atoms with Gasteiger partial charge in [-0.1, -0.05) is 6.89 Å². The second kappa shape index (κ2) is 2.64. The molecule has 66 valence electrons. The van der Waals surface area contributed by atoms with Gasteiger partial charge < -0.3 is 0 Å². The van der Waals surface area contributed by atoms with Crippen molar-refractivity contribution >= 4 is 12.3 Å². The third-order valence-electron chi connectivity index (χ3n) is 2.16. The van der Waals surface area contributed by atoms with Crippen molar-refractivity contribution in [3.05, 3.63) is 0 Å². The van der Waals surface area contributed by atoms with Crippen LogP contribution in [-0.2, 0) is 0 Å². The summed E-state index contributed by atoms with van der Waals surface area (Å²) in [6.45, 7) is 10.9. The van der Waals surface area contributed by atoms with Gasteiger partial charge in [-0.2, -0.15) is 0 Å². The van der Waals surface area contributed by atoms with E-state index in [1.165, 1.54) is 12.6 Å². The molecule has 0 radical (unpaired) electrons. The van der Waals surface area contributed by atoms with Crippen LogP contribution in [0.25, 0.3) is 0 Å². The summed E-state index contributed by atoms with van der Waals surface area (Å²) in [4.78, 5) is 0. The molecule has 0 fully saturated rings. The lowest BCUT2D eigenvalue weighted by Crippen LogP contribution is -2.44. The summed E-state index contributed by atoms with van der Waals surface area (Å²) in [6, 6.07) is 0. The highest BCUT2D eigenvalue weighted by atomic mass is 31.2. The van der Waals surface area contributed by atoms with Gasteiger partial charge >= 0.3 is 0 Å². The van der Waals surface area contributed by atoms with Gasteiger partial charge in [0.25, 0.3) is 0 Å². The first kappa shape index (κ1) is 9.35. The molecule has 11 heavy (non-hydrogen) atoms. The topological polar surface area (TPSA) is 12.0 Å². The van der Waals surface area contributed by atoms with E-state index in [0.29, 0.717) is 0 Å². The van der Waals surface area contributed by atoms with E-state index in [2.05, 4.69) is 39.4 Å². The van der Waals surface area contributed by atoms with Gasteiger partial charge in [-0.3, -0.25) is 5.32 Å². The smallest absolute Gasteiger partial charge is 0.0139 e. The minimum Gasteiger partial charge on any atom is -0.287 e. The highest BCUT2D eigenvalue weighted by Gasteiger charge is 2.24. The fourth-order valence-corrected chi connectivity index (χ4v) is 3.30. The van der Waals surface area contributed by atoms with Crippen molar-refractivity contribution in [2.24, 2.45) is 0 Å². The zero-order valence-corrected chi connectivity index (χ0v) is 9.26. The molecular weight excluding hydrogens is 153 g/mol. The average Bonchev–Trinajstić information content (AvgIpc) is 1.79. The van der Waals surface area contributed by atoms with Gasteiger partial charge in [0.2, 0.25) is 0 Å². The van der Waals surface area contributed by atoms with Gasteiger partial charge in [0, 0.05) is 5.54 Å². The first-order valence-corrected chi connectivity index (χ1v) is 7.16. The zero-order valence-electron chi connectivity index (χ0n) is 8.36. The van der Waals surface area contributed by atoms with Crippen LogP contribution < -0.4 is 5.32 Å². The lowest BCUT2D eigenvalue weighted by molar-refractivity contribution is 0.510. The molecular formula is C9H20NP. The highest BCUT2D eigenvalue weighted by Crippen LogP contribution is 2.49. The molecule has 0 aromatic rings. The summed E-state index contributed by atoms with van der Waals surface area (Å²) in [5.74, 6) is 0. The quantitative estimate of drug-likeness (QED) is 0.599. The summed E-state index contributed by atoms with van der Waals surface area (Å²) in [5.41, 5.74) is 1.91. The molecule has 0 saturated heterocycles. The summed E-state index contributed by atoms with van der Waals surface area (Å²) in [7, 11) is 0. The number of rotatable bonds is 1. The Bertz CT molecular complexity index is 204. The first-order chi connectivity index (χ1) is 4.81. The molecule has 0 spiro atoms. The molecule has 0 amide bonds. The SMILES string of the molecule is CC(C)(C)NC1=P(C)(C)CC1. The molecule has 0 aromatic heterocycles. The van der Waals surface area contributed by atoms with Gasteiger partial charge in [0.1, 0.15) is 0 Å². The minimum absolute atomic E-state index is 0.271. The maximum Gasteiger partial charge on any atom is 0.0139 e. The van der Waals surface area contributed by atoms with Crippen LogP contribution in [-0.4, -0.2) is 30.4 Å². The Labute approximate surface area is 70.5 Å². The summed E-state index contributed by atoms with van der Waals surface area (Å²) < 4.78 is 0. The second-order valence-corrected chi connectivity index (χ2v) is 9.34. The van der Waals surface area contributed by atoms with Gasteiger partial charge in [0.15, 0.2) is 0 Å². The highest BCUT2D eigenvalue weighted by molar-refractivity contribution is 7.76. The third-order valence-corrected chi connectivity index (χ3v) is 5.30. The molecule has 2 heteroatoms.